The van der Waals surface area contributed by atoms with Crippen molar-refractivity contribution < 1.29 is 4.79 Å². The summed E-state index contributed by atoms with van der Waals surface area (Å²) >= 11 is 1.27. The molecule has 6 nitrogen and oxygen atoms in total. The largest absolute Gasteiger partial charge is 0.369 e. The van der Waals surface area contributed by atoms with Gasteiger partial charge in [0.1, 0.15) is 0 Å². The fourth-order valence-electron chi connectivity index (χ4n) is 2.28. The van der Waals surface area contributed by atoms with Crippen LogP contribution in [0.15, 0.2) is 47.9 Å². The number of aromatic nitrogens is 4. The number of hydrogen-bond donors (Lipinski definition) is 1. The fraction of sp³-hybridized carbons (Fsp3) is 0.176. The van der Waals surface area contributed by atoms with Crippen molar-refractivity contribution >= 4 is 17.7 Å². The minimum Gasteiger partial charge on any atom is -0.369 e. The third-order valence-electron chi connectivity index (χ3n) is 3.66. The molecule has 24 heavy (non-hydrogen) atoms. The number of carbonyl (C=O) groups excluding carboxylic acids is 1. The van der Waals surface area contributed by atoms with E-state index in [0.29, 0.717) is 11.0 Å². The van der Waals surface area contributed by atoms with Crippen LogP contribution in [0.2, 0.25) is 0 Å². The van der Waals surface area contributed by atoms with Gasteiger partial charge in [-0.15, -0.1) is 10.2 Å². The van der Waals surface area contributed by atoms with Gasteiger partial charge in [0.05, 0.1) is 11.4 Å². The summed E-state index contributed by atoms with van der Waals surface area (Å²) in [4.78, 5) is 15.2. The number of thioether (sulfide) groups is 1. The van der Waals surface area contributed by atoms with E-state index in [0.717, 1.165) is 11.3 Å². The first-order chi connectivity index (χ1) is 11.6. The lowest BCUT2D eigenvalue weighted by molar-refractivity contribution is -0.115. The van der Waals surface area contributed by atoms with E-state index in [1.807, 2.05) is 22.8 Å². The SMILES string of the molecule is Cc1ccc(-n2c(SCC(N)=O)nnc2-c2ccncc2)cc1C. The predicted octanol–water partition coefficient (Wildman–Crippen LogP) is 2.52. The molecule has 3 aromatic rings. The molecule has 0 aliphatic heterocycles. The van der Waals surface area contributed by atoms with Gasteiger partial charge in [-0.1, -0.05) is 17.8 Å². The van der Waals surface area contributed by atoms with Gasteiger partial charge in [0, 0.05) is 18.0 Å². The molecule has 0 bridgehead atoms. The summed E-state index contributed by atoms with van der Waals surface area (Å²) in [5.41, 5.74) is 9.50. The van der Waals surface area contributed by atoms with Crippen LogP contribution in [-0.2, 0) is 4.79 Å². The van der Waals surface area contributed by atoms with Crippen molar-refractivity contribution in [3.05, 3.63) is 53.9 Å². The number of pyridine rings is 1. The third-order valence-corrected chi connectivity index (χ3v) is 4.62. The molecule has 0 unspecified atom stereocenters. The van der Waals surface area contributed by atoms with Gasteiger partial charge in [0.15, 0.2) is 11.0 Å². The average Bonchev–Trinajstić information content (AvgIpc) is 3.00. The second kappa shape index (κ2) is 6.84. The molecule has 2 aromatic heterocycles. The lowest BCUT2D eigenvalue weighted by Crippen LogP contribution is -2.13. The van der Waals surface area contributed by atoms with Gasteiger partial charge in [-0.25, -0.2) is 0 Å². The highest BCUT2D eigenvalue weighted by Gasteiger charge is 2.17. The highest BCUT2D eigenvalue weighted by Crippen LogP contribution is 2.28. The van der Waals surface area contributed by atoms with Gasteiger partial charge in [-0.05, 0) is 49.2 Å². The molecule has 0 atom stereocenters. The summed E-state index contributed by atoms with van der Waals surface area (Å²) in [7, 11) is 0. The van der Waals surface area contributed by atoms with Crippen molar-refractivity contribution in [1.82, 2.24) is 19.7 Å². The maximum atomic E-state index is 11.1. The Morgan fingerprint density at radius 3 is 2.54 bits per heavy atom. The molecule has 0 fully saturated rings. The van der Waals surface area contributed by atoms with Crippen molar-refractivity contribution in [3.63, 3.8) is 0 Å². The maximum absolute atomic E-state index is 11.1. The molecule has 2 N–H and O–H groups in total. The molecule has 0 saturated heterocycles. The van der Waals surface area contributed by atoms with E-state index in [-0.39, 0.29) is 11.7 Å². The van der Waals surface area contributed by atoms with Crippen LogP contribution in [0.1, 0.15) is 11.1 Å². The number of hydrogen-bond acceptors (Lipinski definition) is 5. The van der Waals surface area contributed by atoms with E-state index in [4.69, 9.17) is 5.73 Å². The minimum absolute atomic E-state index is 0.152. The summed E-state index contributed by atoms with van der Waals surface area (Å²) < 4.78 is 1.94. The van der Waals surface area contributed by atoms with E-state index in [1.165, 1.54) is 22.9 Å². The van der Waals surface area contributed by atoms with E-state index in [9.17, 15) is 4.79 Å². The summed E-state index contributed by atoms with van der Waals surface area (Å²) in [6.07, 6.45) is 3.43. The quantitative estimate of drug-likeness (QED) is 0.722. The Morgan fingerprint density at radius 2 is 1.88 bits per heavy atom. The molecule has 0 spiro atoms. The van der Waals surface area contributed by atoms with E-state index in [2.05, 4.69) is 41.2 Å². The first-order valence-electron chi connectivity index (χ1n) is 7.41. The first-order valence-corrected chi connectivity index (χ1v) is 8.39. The molecule has 0 saturated carbocycles. The number of nitrogens with two attached hydrogens (primary N) is 1. The van der Waals surface area contributed by atoms with Gasteiger partial charge in [-0.2, -0.15) is 0 Å². The number of nitrogens with zero attached hydrogens (tertiary/aromatic N) is 4. The topological polar surface area (TPSA) is 86.7 Å². The van der Waals surface area contributed by atoms with Crippen LogP contribution in [0.4, 0.5) is 0 Å². The van der Waals surface area contributed by atoms with Gasteiger partial charge >= 0.3 is 0 Å². The third kappa shape index (κ3) is 3.30. The number of carbonyl (C=O) groups is 1. The summed E-state index contributed by atoms with van der Waals surface area (Å²) in [6.45, 7) is 4.13. The molecule has 0 aliphatic rings. The average molecular weight is 339 g/mol. The Labute approximate surface area is 144 Å². The van der Waals surface area contributed by atoms with Crippen molar-refractivity contribution in [1.29, 1.82) is 0 Å². The van der Waals surface area contributed by atoms with Gasteiger partial charge in [0.2, 0.25) is 5.91 Å². The van der Waals surface area contributed by atoms with E-state index in [1.54, 1.807) is 12.4 Å². The van der Waals surface area contributed by atoms with Crippen molar-refractivity contribution in [2.24, 2.45) is 5.73 Å². The predicted molar refractivity (Wildman–Crippen MR) is 94.0 cm³/mol. The van der Waals surface area contributed by atoms with Crippen LogP contribution in [-0.4, -0.2) is 31.4 Å². The molecule has 2 heterocycles. The number of primary amides is 1. The maximum Gasteiger partial charge on any atom is 0.227 e. The Morgan fingerprint density at radius 1 is 1.12 bits per heavy atom. The zero-order valence-corrected chi connectivity index (χ0v) is 14.2. The Balaban J connectivity index is 2.13. The summed E-state index contributed by atoms with van der Waals surface area (Å²) in [5.74, 6) is 0.465. The molecule has 7 heteroatoms. The van der Waals surface area contributed by atoms with E-state index >= 15 is 0 Å². The van der Waals surface area contributed by atoms with Crippen LogP contribution in [0.25, 0.3) is 17.1 Å². The van der Waals surface area contributed by atoms with Crippen molar-refractivity contribution in [3.8, 4) is 17.1 Å². The number of aryl methyl sites for hydroxylation is 2. The van der Waals surface area contributed by atoms with Crippen LogP contribution in [0.5, 0.6) is 0 Å². The highest BCUT2D eigenvalue weighted by molar-refractivity contribution is 7.99. The van der Waals surface area contributed by atoms with Crippen LogP contribution in [0.3, 0.4) is 0 Å². The lowest BCUT2D eigenvalue weighted by Gasteiger charge is -2.11. The Kier molecular flexibility index (Phi) is 4.61. The highest BCUT2D eigenvalue weighted by atomic mass is 32.2. The molecular formula is C17H17N5OS. The van der Waals surface area contributed by atoms with Gasteiger partial charge < -0.3 is 5.73 Å². The summed E-state index contributed by atoms with van der Waals surface area (Å²) in [5, 5.41) is 9.17. The van der Waals surface area contributed by atoms with Gasteiger partial charge in [-0.3, -0.25) is 14.3 Å². The Hall–Kier alpha value is -2.67. The zero-order valence-electron chi connectivity index (χ0n) is 13.4. The van der Waals surface area contributed by atoms with Crippen molar-refractivity contribution in [2.45, 2.75) is 19.0 Å². The number of rotatable bonds is 5. The zero-order chi connectivity index (χ0) is 17.1. The smallest absolute Gasteiger partial charge is 0.227 e. The Bertz CT molecular complexity index is 876. The molecule has 122 valence electrons. The minimum atomic E-state index is -0.389. The van der Waals surface area contributed by atoms with Gasteiger partial charge in [0.25, 0.3) is 0 Å². The molecule has 0 aliphatic carbocycles. The van der Waals surface area contributed by atoms with Crippen LogP contribution < -0.4 is 5.73 Å². The molecule has 1 aromatic carbocycles. The molecule has 1 amide bonds. The number of benzene rings is 1. The molecular weight excluding hydrogens is 322 g/mol. The monoisotopic (exact) mass is 339 g/mol. The lowest BCUT2D eigenvalue weighted by atomic mass is 10.1. The van der Waals surface area contributed by atoms with Crippen LogP contribution >= 0.6 is 11.8 Å². The fourth-order valence-corrected chi connectivity index (χ4v) is 2.98. The van der Waals surface area contributed by atoms with Crippen LogP contribution in [0, 0.1) is 13.8 Å². The van der Waals surface area contributed by atoms with Crippen molar-refractivity contribution in [2.75, 3.05) is 5.75 Å². The number of amides is 1. The standard InChI is InChI=1S/C17H17N5OS/c1-11-3-4-14(9-12(11)2)22-16(13-5-7-19-8-6-13)20-21-17(22)24-10-15(18)23/h3-9H,10H2,1-2H3,(H2,18,23). The van der Waals surface area contributed by atoms with E-state index < -0.39 is 0 Å². The second-order valence-corrected chi connectivity index (χ2v) is 6.34. The summed E-state index contributed by atoms with van der Waals surface area (Å²) in [6, 6.07) is 9.92. The molecule has 3 rings (SSSR count). The molecule has 0 radical (unpaired) electrons. The normalized spacial score (nSPS) is 10.8. The second-order valence-electron chi connectivity index (χ2n) is 5.40. The first kappa shape index (κ1) is 16.2.